The van der Waals surface area contributed by atoms with Crippen molar-refractivity contribution in [2.45, 2.75) is 102 Å². The Morgan fingerprint density at radius 3 is 2.58 bits per heavy atom. The number of nitrogens with one attached hydrogen (secondary N) is 2. The second-order valence-electron chi connectivity index (χ2n) is 11.4. The van der Waals surface area contributed by atoms with Gasteiger partial charge in [0, 0.05) is 25.6 Å². The summed E-state index contributed by atoms with van der Waals surface area (Å²) in [4.78, 5) is 51.3. The van der Waals surface area contributed by atoms with E-state index >= 15 is 0 Å². The minimum absolute atomic E-state index is 0.0927. The van der Waals surface area contributed by atoms with E-state index in [9.17, 15) is 24.6 Å². The molecule has 43 heavy (non-hydrogen) atoms. The van der Waals surface area contributed by atoms with Crippen molar-refractivity contribution >= 4 is 34.9 Å². The van der Waals surface area contributed by atoms with E-state index in [2.05, 4.69) is 25.6 Å². The van der Waals surface area contributed by atoms with Crippen LogP contribution in [-0.2, 0) is 25.5 Å². The van der Waals surface area contributed by atoms with E-state index in [-0.39, 0.29) is 30.3 Å². The summed E-state index contributed by atoms with van der Waals surface area (Å²) >= 11 is 0. The van der Waals surface area contributed by atoms with E-state index in [0.717, 1.165) is 38.5 Å². The third-order valence-electron chi connectivity index (χ3n) is 8.28. The summed E-state index contributed by atoms with van der Waals surface area (Å²) < 4.78 is 12.7. The van der Waals surface area contributed by atoms with E-state index in [1.807, 2.05) is 13.8 Å². The van der Waals surface area contributed by atoms with Crippen LogP contribution in [0.4, 0.5) is 10.6 Å². The average Bonchev–Trinajstić information content (AvgIpc) is 3.43. The van der Waals surface area contributed by atoms with Gasteiger partial charge in [-0.05, 0) is 44.4 Å². The Morgan fingerprint density at radius 2 is 1.91 bits per heavy atom. The van der Waals surface area contributed by atoms with Gasteiger partial charge in [-0.1, -0.05) is 13.8 Å². The first-order chi connectivity index (χ1) is 20.8. The number of imidazole rings is 1. The maximum atomic E-state index is 12.5. The van der Waals surface area contributed by atoms with E-state index < -0.39 is 36.6 Å². The van der Waals surface area contributed by atoms with Gasteiger partial charge in [0.15, 0.2) is 23.8 Å². The molecule has 0 spiro atoms. The van der Waals surface area contributed by atoms with Crippen molar-refractivity contribution in [3.63, 3.8) is 0 Å². The first-order valence-electron chi connectivity index (χ1n) is 15.3. The van der Waals surface area contributed by atoms with Crippen molar-refractivity contribution in [2.75, 3.05) is 25.4 Å². The number of nitrogen functional groups attached to an aromatic ring is 1. The summed E-state index contributed by atoms with van der Waals surface area (Å²) in [5, 5.41) is 26.7. The molecule has 3 amide bonds. The van der Waals surface area contributed by atoms with Crippen molar-refractivity contribution in [2.24, 2.45) is 5.92 Å². The van der Waals surface area contributed by atoms with Gasteiger partial charge in [0.1, 0.15) is 29.7 Å². The molecule has 1 aliphatic carbocycles. The van der Waals surface area contributed by atoms with Gasteiger partial charge in [0.05, 0.1) is 19.3 Å². The van der Waals surface area contributed by atoms with Crippen LogP contribution in [0.5, 0.6) is 0 Å². The van der Waals surface area contributed by atoms with Crippen molar-refractivity contribution in [1.29, 1.82) is 0 Å². The van der Waals surface area contributed by atoms with Crippen molar-refractivity contribution in [3.8, 4) is 0 Å². The molecule has 0 aromatic carbocycles. The molecule has 236 valence electrons. The molecule has 6 rings (SSSR count). The van der Waals surface area contributed by atoms with Crippen LogP contribution in [0.25, 0.3) is 11.2 Å². The number of aliphatic hydroxyl groups is 2. The van der Waals surface area contributed by atoms with Crippen LogP contribution in [0.1, 0.15) is 70.8 Å². The Morgan fingerprint density at radius 1 is 1.16 bits per heavy atom. The van der Waals surface area contributed by atoms with E-state index in [0.29, 0.717) is 49.0 Å². The van der Waals surface area contributed by atoms with Gasteiger partial charge in [-0.2, -0.15) is 0 Å². The minimum atomic E-state index is -1.40. The lowest BCUT2D eigenvalue weighted by Gasteiger charge is -2.32. The number of anilines is 1. The highest BCUT2D eigenvalue weighted by Gasteiger charge is 2.48. The maximum Gasteiger partial charge on any atom is 0.410 e. The summed E-state index contributed by atoms with van der Waals surface area (Å²) in [5.41, 5.74) is 6.89. The Hall–Kier alpha value is -3.56. The second kappa shape index (κ2) is 13.4. The number of hydrogen-bond acceptors (Lipinski definition) is 11. The number of hydrogen-bond donors (Lipinski definition) is 5. The van der Waals surface area contributed by atoms with Gasteiger partial charge in [0.2, 0.25) is 5.91 Å². The number of ether oxygens (including phenoxy) is 2. The number of piperidine rings is 1. The molecular weight excluding hydrogens is 560 g/mol. The number of likely N-dealkylation sites (tertiary alicyclic amines) is 1. The third-order valence-corrected chi connectivity index (χ3v) is 8.28. The number of nitrogens with zero attached hydrogens (tertiary/aromatic N) is 5. The topological polar surface area (TPSA) is 207 Å². The summed E-state index contributed by atoms with van der Waals surface area (Å²) in [5.74, 6) is 0.619. The van der Waals surface area contributed by atoms with Crippen LogP contribution in [0.15, 0.2) is 6.33 Å². The third kappa shape index (κ3) is 6.99. The Bertz CT molecular complexity index is 1310. The highest BCUT2D eigenvalue weighted by Crippen LogP contribution is 2.33. The van der Waals surface area contributed by atoms with Crippen LogP contribution in [0.3, 0.4) is 0 Å². The number of fused-ring (bicyclic) bond motifs is 1. The average molecular weight is 603 g/mol. The zero-order valence-electron chi connectivity index (χ0n) is 24.6. The first kappa shape index (κ1) is 30.9. The molecule has 15 nitrogen and oxygen atoms in total. The molecule has 5 heterocycles. The van der Waals surface area contributed by atoms with Crippen LogP contribution in [0, 0.1) is 5.92 Å². The molecule has 2 aromatic heterocycles. The van der Waals surface area contributed by atoms with Crippen molar-refractivity contribution in [3.05, 3.63) is 12.2 Å². The lowest BCUT2D eigenvalue weighted by molar-refractivity contribution is -0.137. The number of aryl methyl sites for hydroxylation is 1. The largest absolute Gasteiger partial charge is 0.444 e. The SMILES string of the molecule is CC.Nc1nc(CCCC2CCN(C(=O)OC3CNC(=O)C3)CC2)nc2c1ncn2[C@@H]1O[C@H](C(=O)NC2CC2)C(O)[C@@H]1O. The van der Waals surface area contributed by atoms with Crippen LogP contribution in [-0.4, -0.2) is 103 Å². The molecule has 0 radical (unpaired) electrons. The molecule has 4 fully saturated rings. The molecule has 2 aromatic rings. The quantitative estimate of drug-likeness (QED) is 0.279. The standard InChI is InChI=1S/C26H36N8O7.C2H6/c27-22-18-23(34(12-29-18)25-20(37)19(36)21(41-25)24(38)30-14-4-5-14)32-16(31-22)3-1-2-13-6-8-33(9-7-13)26(39)40-15-10-17(35)28-11-15;1-2/h12-15,19-21,25,36-37H,1-11H2,(H,28,35)(H,30,38)(H2,27,31,32);1-2H3/t15?,19?,20-,21-,25+;/m0./s1. The smallest absolute Gasteiger partial charge is 0.410 e. The fourth-order valence-corrected chi connectivity index (χ4v) is 5.73. The predicted molar refractivity (Wildman–Crippen MR) is 153 cm³/mol. The monoisotopic (exact) mass is 602 g/mol. The number of rotatable bonds is 8. The minimum Gasteiger partial charge on any atom is -0.444 e. The summed E-state index contributed by atoms with van der Waals surface area (Å²) in [7, 11) is 0. The molecule has 6 N–H and O–H groups in total. The number of aliphatic hydroxyl groups excluding tert-OH is 2. The number of carbonyl (C=O) groups excluding carboxylic acids is 3. The highest BCUT2D eigenvalue weighted by molar-refractivity contribution is 5.83. The van der Waals surface area contributed by atoms with Crippen LogP contribution >= 0.6 is 0 Å². The Labute approximate surface area is 249 Å². The van der Waals surface area contributed by atoms with Gasteiger partial charge >= 0.3 is 6.09 Å². The Kier molecular flexibility index (Phi) is 9.62. The number of nitrogens with two attached hydrogens (primary N) is 1. The molecule has 4 aliphatic rings. The van der Waals surface area contributed by atoms with Gasteiger partial charge in [-0.15, -0.1) is 0 Å². The number of carbonyl (C=O) groups is 3. The normalized spacial score (nSPS) is 27.5. The van der Waals surface area contributed by atoms with Crippen molar-refractivity contribution < 1.29 is 34.1 Å². The lowest BCUT2D eigenvalue weighted by atomic mass is 9.91. The molecule has 0 bridgehead atoms. The molecule has 5 atom stereocenters. The van der Waals surface area contributed by atoms with Crippen LogP contribution in [0.2, 0.25) is 0 Å². The summed E-state index contributed by atoms with van der Waals surface area (Å²) in [6.45, 7) is 5.59. The number of aromatic nitrogens is 4. The molecule has 1 saturated carbocycles. The van der Waals surface area contributed by atoms with Gasteiger partial charge in [-0.3, -0.25) is 14.2 Å². The van der Waals surface area contributed by atoms with Gasteiger partial charge in [0.25, 0.3) is 5.91 Å². The predicted octanol–water partition coefficient (Wildman–Crippen LogP) is 0.392. The lowest BCUT2D eigenvalue weighted by Crippen LogP contribution is -2.43. The van der Waals surface area contributed by atoms with Crippen molar-refractivity contribution in [1.82, 2.24) is 35.1 Å². The van der Waals surface area contributed by atoms with E-state index in [1.165, 1.54) is 10.9 Å². The molecule has 15 heteroatoms. The molecule has 2 unspecified atom stereocenters. The fraction of sp³-hybridized carbons (Fsp3) is 0.714. The Balaban J connectivity index is 0.00000180. The fourth-order valence-electron chi connectivity index (χ4n) is 5.73. The summed E-state index contributed by atoms with van der Waals surface area (Å²) in [6, 6.07) is 0.0927. The van der Waals surface area contributed by atoms with E-state index in [4.69, 9.17) is 15.2 Å². The second-order valence-corrected chi connectivity index (χ2v) is 11.4. The van der Waals surface area contributed by atoms with Gasteiger partial charge < -0.3 is 41.0 Å². The zero-order valence-corrected chi connectivity index (χ0v) is 24.6. The first-order valence-corrected chi connectivity index (χ1v) is 15.3. The zero-order chi connectivity index (χ0) is 30.7. The molecular formula is C28H42N8O7. The molecule has 3 aliphatic heterocycles. The van der Waals surface area contributed by atoms with Crippen LogP contribution < -0.4 is 16.4 Å². The molecule has 3 saturated heterocycles. The number of amides is 3. The summed E-state index contributed by atoms with van der Waals surface area (Å²) in [6.07, 6.45) is 1.68. The van der Waals surface area contributed by atoms with Gasteiger partial charge in [-0.25, -0.2) is 19.7 Å². The maximum absolute atomic E-state index is 12.5. The van der Waals surface area contributed by atoms with E-state index in [1.54, 1.807) is 4.90 Å². The highest BCUT2D eigenvalue weighted by atomic mass is 16.6.